The molecule has 0 spiro atoms. The fourth-order valence-electron chi connectivity index (χ4n) is 3.99. The third-order valence-electron chi connectivity index (χ3n) is 5.77. The van der Waals surface area contributed by atoms with E-state index < -0.39 is 6.04 Å². The molecule has 0 fully saturated rings. The molecular formula is C26H24Cl2N4O2. The third kappa shape index (κ3) is 4.52. The van der Waals surface area contributed by atoms with Gasteiger partial charge >= 0.3 is 6.03 Å². The van der Waals surface area contributed by atoms with E-state index in [-0.39, 0.29) is 11.6 Å². The van der Waals surface area contributed by atoms with Crippen LogP contribution in [0.3, 0.4) is 0 Å². The van der Waals surface area contributed by atoms with E-state index in [0.29, 0.717) is 39.0 Å². The van der Waals surface area contributed by atoms with Crippen LogP contribution in [-0.2, 0) is 0 Å². The number of para-hydroxylation sites is 2. The van der Waals surface area contributed by atoms with E-state index in [1.165, 1.54) is 0 Å². The standard InChI is InChI=1S/C26H24Cl2N4O2/c1-4-31(26(34)30-22-14-13-18(27)15-20(22)28)17(3)24-29-21-11-7-6-10-19(21)25(33)32(24)23-12-8-5-9-16(23)2/h5-15,17H,4H2,1-3H3,(H,30,34). The summed E-state index contributed by atoms with van der Waals surface area (Å²) >= 11 is 12.2. The van der Waals surface area contributed by atoms with Gasteiger partial charge < -0.3 is 10.2 Å². The number of amides is 2. The highest BCUT2D eigenvalue weighted by molar-refractivity contribution is 6.36. The Morgan fingerprint density at radius 3 is 2.50 bits per heavy atom. The summed E-state index contributed by atoms with van der Waals surface area (Å²) in [5.41, 5.74) is 2.50. The van der Waals surface area contributed by atoms with Gasteiger partial charge in [0, 0.05) is 11.6 Å². The fraction of sp³-hybridized carbons (Fsp3) is 0.192. The smallest absolute Gasteiger partial charge is 0.315 e. The number of nitrogens with zero attached hydrogens (tertiary/aromatic N) is 3. The molecule has 8 heteroatoms. The first kappa shape index (κ1) is 23.8. The number of aryl methyl sites for hydroxylation is 1. The number of hydrogen-bond acceptors (Lipinski definition) is 3. The van der Waals surface area contributed by atoms with E-state index in [0.717, 1.165) is 11.3 Å². The summed E-state index contributed by atoms with van der Waals surface area (Å²) in [5, 5.41) is 4.17. The molecule has 1 aromatic heterocycles. The molecule has 0 aliphatic heterocycles. The number of anilines is 1. The van der Waals surface area contributed by atoms with Gasteiger partial charge in [-0.25, -0.2) is 9.78 Å². The molecule has 174 valence electrons. The first-order valence-corrected chi connectivity index (χ1v) is 11.7. The second-order valence-corrected chi connectivity index (χ2v) is 8.77. The Morgan fingerprint density at radius 2 is 1.79 bits per heavy atom. The van der Waals surface area contributed by atoms with Crippen LogP contribution in [0.15, 0.2) is 71.5 Å². The van der Waals surface area contributed by atoms with E-state index >= 15 is 0 Å². The summed E-state index contributed by atoms with van der Waals surface area (Å²) in [6.45, 7) is 6.06. The van der Waals surface area contributed by atoms with E-state index in [9.17, 15) is 9.59 Å². The van der Waals surface area contributed by atoms with Crippen LogP contribution in [0.4, 0.5) is 10.5 Å². The number of benzene rings is 3. The predicted molar refractivity (Wildman–Crippen MR) is 138 cm³/mol. The number of carbonyl (C=O) groups is 1. The average molecular weight is 495 g/mol. The Hall–Kier alpha value is -3.35. The van der Waals surface area contributed by atoms with Crippen LogP contribution in [0.5, 0.6) is 0 Å². The Bertz CT molecular complexity index is 1430. The molecule has 34 heavy (non-hydrogen) atoms. The Balaban J connectivity index is 1.82. The van der Waals surface area contributed by atoms with Crippen molar-refractivity contribution in [3.05, 3.63) is 98.5 Å². The zero-order chi connectivity index (χ0) is 24.4. The monoisotopic (exact) mass is 494 g/mol. The van der Waals surface area contributed by atoms with Crippen molar-refractivity contribution in [2.75, 3.05) is 11.9 Å². The first-order chi connectivity index (χ1) is 16.3. The Labute approximate surface area is 207 Å². The molecule has 4 rings (SSSR count). The lowest BCUT2D eigenvalue weighted by molar-refractivity contribution is 0.193. The molecule has 0 aliphatic rings. The van der Waals surface area contributed by atoms with Crippen molar-refractivity contribution in [3.8, 4) is 5.69 Å². The molecule has 0 saturated carbocycles. The largest absolute Gasteiger partial charge is 0.322 e. The molecule has 1 N–H and O–H groups in total. The number of nitrogens with one attached hydrogen (secondary N) is 1. The van der Waals surface area contributed by atoms with Gasteiger partial charge in [-0.2, -0.15) is 0 Å². The molecule has 0 saturated heterocycles. The van der Waals surface area contributed by atoms with E-state index in [4.69, 9.17) is 28.2 Å². The lowest BCUT2D eigenvalue weighted by Crippen LogP contribution is -2.39. The van der Waals surface area contributed by atoms with Crippen molar-refractivity contribution in [1.29, 1.82) is 0 Å². The van der Waals surface area contributed by atoms with Crippen molar-refractivity contribution in [2.24, 2.45) is 0 Å². The number of urea groups is 1. The van der Waals surface area contributed by atoms with Crippen molar-refractivity contribution in [1.82, 2.24) is 14.5 Å². The lowest BCUT2D eigenvalue weighted by atomic mass is 10.1. The topological polar surface area (TPSA) is 67.2 Å². The number of carbonyl (C=O) groups excluding carboxylic acids is 1. The van der Waals surface area contributed by atoms with E-state index in [1.54, 1.807) is 39.8 Å². The molecule has 0 aliphatic carbocycles. The predicted octanol–water partition coefficient (Wildman–Crippen LogP) is 6.62. The van der Waals surface area contributed by atoms with Gasteiger partial charge in [-0.05, 0) is 62.7 Å². The minimum absolute atomic E-state index is 0.182. The average Bonchev–Trinajstić information content (AvgIpc) is 2.82. The third-order valence-corrected chi connectivity index (χ3v) is 6.32. The summed E-state index contributed by atoms with van der Waals surface area (Å²) in [5.74, 6) is 0.470. The van der Waals surface area contributed by atoms with Crippen LogP contribution < -0.4 is 10.9 Å². The van der Waals surface area contributed by atoms with Crippen LogP contribution in [0.2, 0.25) is 10.0 Å². The minimum Gasteiger partial charge on any atom is -0.315 e. The summed E-state index contributed by atoms with van der Waals surface area (Å²) in [6, 6.07) is 18.8. The Kier molecular flexibility index (Phi) is 6.91. The highest BCUT2D eigenvalue weighted by atomic mass is 35.5. The maximum Gasteiger partial charge on any atom is 0.322 e. The number of aromatic nitrogens is 2. The van der Waals surface area contributed by atoms with Crippen LogP contribution in [0, 0.1) is 6.92 Å². The summed E-state index contributed by atoms with van der Waals surface area (Å²) in [7, 11) is 0. The number of halogens is 2. The highest BCUT2D eigenvalue weighted by Gasteiger charge is 2.26. The van der Waals surface area contributed by atoms with Crippen molar-refractivity contribution < 1.29 is 4.79 Å². The first-order valence-electron chi connectivity index (χ1n) is 10.9. The molecule has 4 aromatic rings. The van der Waals surface area contributed by atoms with Crippen molar-refractivity contribution >= 4 is 45.8 Å². The van der Waals surface area contributed by atoms with E-state index in [2.05, 4.69) is 5.32 Å². The quantitative estimate of drug-likeness (QED) is 0.339. The molecule has 1 unspecified atom stereocenters. The van der Waals surface area contributed by atoms with Gasteiger partial charge in [0.25, 0.3) is 5.56 Å². The van der Waals surface area contributed by atoms with Crippen molar-refractivity contribution in [3.63, 3.8) is 0 Å². The minimum atomic E-state index is -0.520. The Morgan fingerprint density at radius 1 is 1.09 bits per heavy atom. The van der Waals surface area contributed by atoms with Gasteiger partial charge in [0.15, 0.2) is 0 Å². The van der Waals surface area contributed by atoms with Gasteiger partial charge in [0.05, 0.1) is 33.3 Å². The van der Waals surface area contributed by atoms with Crippen LogP contribution in [-0.4, -0.2) is 27.0 Å². The van der Waals surface area contributed by atoms with Crippen LogP contribution in [0.1, 0.15) is 31.3 Å². The highest BCUT2D eigenvalue weighted by Crippen LogP contribution is 2.28. The van der Waals surface area contributed by atoms with Gasteiger partial charge in [-0.3, -0.25) is 9.36 Å². The molecule has 1 heterocycles. The normalized spacial score (nSPS) is 11.9. The van der Waals surface area contributed by atoms with Crippen LogP contribution >= 0.6 is 23.2 Å². The maximum absolute atomic E-state index is 13.6. The molecular weight excluding hydrogens is 471 g/mol. The second-order valence-electron chi connectivity index (χ2n) is 7.93. The zero-order valence-corrected chi connectivity index (χ0v) is 20.6. The van der Waals surface area contributed by atoms with Gasteiger partial charge in [-0.1, -0.05) is 53.5 Å². The molecule has 2 amide bonds. The summed E-state index contributed by atoms with van der Waals surface area (Å²) in [6.07, 6.45) is 0. The second kappa shape index (κ2) is 9.87. The summed E-state index contributed by atoms with van der Waals surface area (Å²) in [4.78, 5) is 33.3. The summed E-state index contributed by atoms with van der Waals surface area (Å²) < 4.78 is 1.60. The SMILES string of the molecule is CCN(C(=O)Nc1ccc(Cl)cc1Cl)C(C)c1nc2ccccc2c(=O)n1-c1ccccc1C. The molecule has 1 atom stereocenters. The fourth-order valence-corrected chi connectivity index (χ4v) is 4.44. The molecule has 0 radical (unpaired) electrons. The van der Waals surface area contributed by atoms with Gasteiger partial charge in [0.2, 0.25) is 0 Å². The van der Waals surface area contributed by atoms with Gasteiger partial charge in [0.1, 0.15) is 5.82 Å². The van der Waals surface area contributed by atoms with Gasteiger partial charge in [-0.15, -0.1) is 0 Å². The van der Waals surface area contributed by atoms with Crippen molar-refractivity contribution in [2.45, 2.75) is 26.8 Å². The van der Waals surface area contributed by atoms with Crippen LogP contribution in [0.25, 0.3) is 16.6 Å². The maximum atomic E-state index is 13.6. The zero-order valence-electron chi connectivity index (χ0n) is 19.0. The number of fused-ring (bicyclic) bond motifs is 1. The lowest BCUT2D eigenvalue weighted by Gasteiger charge is -2.30. The van der Waals surface area contributed by atoms with E-state index in [1.807, 2.05) is 57.2 Å². The number of hydrogen-bond donors (Lipinski definition) is 1. The molecule has 6 nitrogen and oxygen atoms in total. The molecule has 0 bridgehead atoms. The molecule has 3 aromatic carbocycles. The number of rotatable bonds is 5.